The molecule has 0 aromatic heterocycles. The van der Waals surface area contributed by atoms with Crippen LogP contribution in [0.1, 0.15) is 20.8 Å². The van der Waals surface area contributed by atoms with Gasteiger partial charge in [0.1, 0.15) is 0 Å². The van der Waals surface area contributed by atoms with Crippen LogP contribution in [0.5, 0.6) is 0 Å². The maximum Gasteiger partial charge on any atom is 0.188 e. The van der Waals surface area contributed by atoms with E-state index in [0.717, 1.165) is 0 Å². The van der Waals surface area contributed by atoms with E-state index in [-0.39, 0.29) is 0 Å². The van der Waals surface area contributed by atoms with Crippen LogP contribution in [0.15, 0.2) is 4.99 Å². The van der Waals surface area contributed by atoms with Crippen molar-refractivity contribution in [1.82, 2.24) is 5.32 Å². The van der Waals surface area contributed by atoms with Crippen LogP contribution >= 0.6 is 0 Å². The van der Waals surface area contributed by atoms with E-state index >= 15 is 0 Å². The normalized spacial score (nSPS) is 16.3. The summed E-state index contributed by atoms with van der Waals surface area (Å²) < 4.78 is 0. The third kappa shape index (κ3) is 3.23. The summed E-state index contributed by atoms with van der Waals surface area (Å²) in [7, 11) is 1.60. The average Bonchev–Trinajstić information content (AvgIpc) is 1.86. The molecule has 0 radical (unpaired) electrons. The van der Waals surface area contributed by atoms with Gasteiger partial charge in [0, 0.05) is 7.05 Å². The summed E-state index contributed by atoms with van der Waals surface area (Å²) in [6.07, 6.45) is -0.470. The molecule has 0 heterocycles. The van der Waals surface area contributed by atoms with Crippen molar-refractivity contribution >= 4 is 5.96 Å². The SMILES string of the molecule is CN=C(N)NC(C)(C)C(C)O. The number of guanidine groups is 1. The third-order valence-corrected chi connectivity index (χ3v) is 1.74. The standard InChI is InChI=1S/C7H17N3O/c1-5(11)7(2,3)10-6(8)9-4/h5,11H,1-4H3,(H3,8,9,10). The first-order valence-electron chi connectivity index (χ1n) is 3.58. The molecule has 0 aromatic rings. The Labute approximate surface area is 67.5 Å². The van der Waals surface area contributed by atoms with Gasteiger partial charge in [-0.25, -0.2) is 0 Å². The topological polar surface area (TPSA) is 70.6 Å². The van der Waals surface area contributed by atoms with E-state index in [1.807, 2.05) is 13.8 Å². The van der Waals surface area contributed by atoms with Crippen molar-refractivity contribution in [1.29, 1.82) is 0 Å². The first-order chi connectivity index (χ1) is 4.90. The Morgan fingerprint density at radius 3 is 2.36 bits per heavy atom. The minimum atomic E-state index is -0.470. The van der Waals surface area contributed by atoms with Gasteiger partial charge in [0.05, 0.1) is 11.6 Å². The van der Waals surface area contributed by atoms with Gasteiger partial charge >= 0.3 is 0 Å². The van der Waals surface area contributed by atoms with Crippen LogP contribution in [0.3, 0.4) is 0 Å². The van der Waals surface area contributed by atoms with Gasteiger partial charge < -0.3 is 16.2 Å². The van der Waals surface area contributed by atoms with Crippen molar-refractivity contribution in [2.24, 2.45) is 10.7 Å². The van der Waals surface area contributed by atoms with Gasteiger partial charge in [-0.05, 0) is 20.8 Å². The van der Waals surface area contributed by atoms with E-state index in [4.69, 9.17) is 5.73 Å². The van der Waals surface area contributed by atoms with Crippen molar-refractivity contribution in [3.8, 4) is 0 Å². The van der Waals surface area contributed by atoms with Crippen LogP contribution in [-0.2, 0) is 0 Å². The lowest BCUT2D eigenvalue weighted by atomic mass is 9.99. The summed E-state index contributed by atoms with van der Waals surface area (Å²) in [6, 6.07) is 0. The van der Waals surface area contributed by atoms with E-state index in [1.165, 1.54) is 0 Å². The first kappa shape index (κ1) is 10.2. The minimum Gasteiger partial charge on any atom is -0.391 e. The van der Waals surface area contributed by atoms with Crippen LogP contribution in [0, 0.1) is 0 Å². The fourth-order valence-corrected chi connectivity index (χ4v) is 0.490. The summed E-state index contributed by atoms with van der Waals surface area (Å²) >= 11 is 0. The highest BCUT2D eigenvalue weighted by Gasteiger charge is 2.23. The third-order valence-electron chi connectivity index (χ3n) is 1.74. The van der Waals surface area contributed by atoms with Crippen LogP contribution < -0.4 is 11.1 Å². The second kappa shape index (κ2) is 3.57. The second-order valence-corrected chi connectivity index (χ2v) is 3.13. The molecule has 0 rings (SSSR count). The van der Waals surface area contributed by atoms with E-state index in [0.29, 0.717) is 5.96 Å². The van der Waals surface area contributed by atoms with Crippen molar-refractivity contribution in [2.45, 2.75) is 32.4 Å². The summed E-state index contributed by atoms with van der Waals surface area (Å²) in [5.74, 6) is 0.343. The molecule has 4 N–H and O–H groups in total. The summed E-state index contributed by atoms with van der Waals surface area (Å²) in [4.78, 5) is 3.73. The van der Waals surface area contributed by atoms with Gasteiger partial charge in [0.15, 0.2) is 5.96 Å². The summed E-state index contributed by atoms with van der Waals surface area (Å²) in [5, 5.41) is 12.1. The number of nitrogens with one attached hydrogen (secondary N) is 1. The van der Waals surface area contributed by atoms with E-state index in [1.54, 1.807) is 14.0 Å². The van der Waals surface area contributed by atoms with Gasteiger partial charge in [0.2, 0.25) is 0 Å². The molecule has 0 fully saturated rings. The molecule has 0 aliphatic carbocycles. The Hall–Kier alpha value is -0.770. The van der Waals surface area contributed by atoms with Gasteiger partial charge in [0.25, 0.3) is 0 Å². The molecule has 0 amide bonds. The summed E-state index contributed by atoms with van der Waals surface area (Å²) in [5.41, 5.74) is 5.00. The highest BCUT2D eigenvalue weighted by atomic mass is 16.3. The van der Waals surface area contributed by atoms with E-state index in [9.17, 15) is 5.11 Å². The Morgan fingerprint density at radius 1 is 1.64 bits per heavy atom. The van der Waals surface area contributed by atoms with Crippen molar-refractivity contribution in [3.63, 3.8) is 0 Å². The molecular formula is C7H17N3O. The zero-order chi connectivity index (χ0) is 9.07. The molecule has 66 valence electrons. The predicted molar refractivity (Wildman–Crippen MR) is 46.4 cm³/mol. The second-order valence-electron chi connectivity index (χ2n) is 3.13. The van der Waals surface area contributed by atoms with Crippen LogP contribution in [-0.4, -0.2) is 29.8 Å². The number of nitrogens with zero attached hydrogens (tertiary/aromatic N) is 1. The van der Waals surface area contributed by atoms with Gasteiger partial charge in [-0.15, -0.1) is 0 Å². The Kier molecular flexibility index (Phi) is 3.32. The molecule has 11 heavy (non-hydrogen) atoms. The maximum atomic E-state index is 9.25. The zero-order valence-electron chi connectivity index (χ0n) is 7.55. The molecule has 0 saturated heterocycles. The lowest BCUT2D eigenvalue weighted by Gasteiger charge is -2.29. The number of hydrogen-bond donors (Lipinski definition) is 3. The quantitative estimate of drug-likeness (QED) is 0.382. The van der Waals surface area contributed by atoms with Crippen LogP contribution in [0.4, 0.5) is 0 Å². The van der Waals surface area contributed by atoms with Crippen molar-refractivity contribution < 1.29 is 5.11 Å². The molecule has 1 unspecified atom stereocenters. The number of nitrogens with two attached hydrogens (primary N) is 1. The van der Waals surface area contributed by atoms with Crippen LogP contribution in [0.25, 0.3) is 0 Å². The molecule has 0 saturated carbocycles. The molecule has 4 nitrogen and oxygen atoms in total. The number of hydrogen-bond acceptors (Lipinski definition) is 2. The smallest absolute Gasteiger partial charge is 0.188 e. The lowest BCUT2D eigenvalue weighted by Crippen LogP contribution is -2.53. The molecular weight excluding hydrogens is 142 g/mol. The number of rotatable bonds is 2. The Morgan fingerprint density at radius 2 is 2.09 bits per heavy atom. The molecule has 0 spiro atoms. The van der Waals surface area contributed by atoms with E-state index < -0.39 is 11.6 Å². The van der Waals surface area contributed by atoms with Crippen molar-refractivity contribution in [2.75, 3.05) is 7.05 Å². The van der Waals surface area contributed by atoms with Crippen molar-refractivity contribution in [3.05, 3.63) is 0 Å². The molecule has 4 heteroatoms. The molecule has 0 bridgehead atoms. The number of aliphatic hydroxyl groups is 1. The molecule has 0 aliphatic rings. The zero-order valence-corrected chi connectivity index (χ0v) is 7.55. The fourth-order valence-electron chi connectivity index (χ4n) is 0.490. The fraction of sp³-hybridized carbons (Fsp3) is 0.857. The van der Waals surface area contributed by atoms with Crippen LogP contribution in [0.2, 0.25) is 0 Å². The average molecular weight is 159 g/mol. The predicted octanol–water partition coefficient (Wildman–Crippen LogP) is -0.320. The van der Waals surface area contributed by atoms with E-state index in [2.05, 4.69) is 10.3 Å². The minimum absolute atomic E-state index is 0.343. The van der Waals surface area contributed by atoms with Gasteiger partial charge in [-0.3, -0.25) is 4.99 Å². The molecule has 0 aromatic carbocycles. The largest absolute Gasteiger partial charge is 0.391 e. The highest BCUT2D eigenvalue weighted by molar-refractivity contribution is 5.78. The molecule has 1 atom stereocenters. The Bertz CT molecular complexity index is 152. The number of aliphatic imine (C=N–C) groups is 1. The first-order valence-corrected chi connectivity index (χ1v) is 3.58. The Balaban J connectivity index is 4.13. The number of aliphatic hydroxyl groups excluding tert-OH is 1. The monoisotopic (exact) mass is 159 g/mol. The van der Waals surface area contributed by atoms with Gasteiger partial charge in [-0.2, -0.15) is 0 Å². The lowest BCUT2D eigenvalue weighted by molar-refractivity contribution is 0.109. The van der Waals surface area contributed by atoms with Gasteiger partial charge in [-0.1, -0.05) is 0 Å². The molecule has 0 aliphatic heterocycles. The summed E-state index contributed by atoms with van der Waals surface area (Å²) in [6.45, 7) is 5.42. The highest BCUT2D eigenvalue weighted by Crippen LogP contribution is 2.06. The maximum absolute atomic E-state index is 9.25.